The number of carbonyl (C=O) groups excluding carboxylic acids is 1. The molecule has 0 bridgehead atoms. The second-order valence-corrected chi connectivity index (χ2v) is 7.83. The molecule has 8 nitrogen and oxygen atoms in total. The third-order valence-corrected chi connectivity index (χ3v) is 5.61. The minimum Gasteiger partial charge on any atom is -0.318 e. The number of amides is 1. The Morgan fingerprint density at radius 1 is 1.16 bits per heavy atom. The Balaban J connectivity index is 1.51. The Kier molecular flexibility index (Phi) is 4.55. The van der Waals surface area contributed by atoms with Gasteiger partial charge in [-0.25, -0.2) is 19.0 Å². The number of fused-ring (bicyclic) bond motifs is 1. The van der Waals surface area contributed by atoms with E-state index in [1.54, 1.807) is 23.0 Å². The number of nitrogens with zero attached hydrogens (tertiary/aromatic N) is 6. The highest BCUT2D eigenvalue weighted by atomic mass is 32.1. The van der Waals surface area contributed by atoms with Crippen LogP contribution in [0, 0.1) is 12.7 Å². The molecule has 0 saturated heterocycles. The minimum absolute atomic E-state index is 0.00395. The van der Waals surface area contributed by atoms with Gasteiger partial charge in [-0.1, -0.05) is 6.07 Å². The van der Waals surface area contributed by atoms with Crippen LogP contribution in [-0.2, 0) is 7.05 Å². The van der Waals surface area contributed by atoms with Gasteiger partial charge in [0.2, 0.25) is 5.82 Å². The van der Waals surface area contributed by atoms with Crippen molar-refractivity contribution in [2.45, 2.75) is 6.92 Å². The molecular weight excluding hydrogens is 417 g/mol. The molecule has 0 fully saturated rings. The summed E-state index contributed by atoms with van der Waals surface area (Å²) in [5.74, 6) is -0.325. The quantitative estimate of drug-likeness (QED) is 0.463. The maximum atomic E-state index is 13.4. The van der Waals surface area contributed by atoms with E-state index in [1.807, 2.05) is 37.6 Å². The molecule has 10 heteroatoms. The monoisotopic (exact) mass is 433 g/mol. The summed E-state index contributed by atoms with van der Waals surface area (Å²) in [5, 5.41) is 14.3. The van der Waals surface area contributed by atoms with Crippen LogP contribution in [0.15, 0.2) is 54.0 Å². The van der Waals surface area contributed by atoms with Gasteiger partial charge in [0.05, 0.1) is 28.1 Å². The molecule has 5 aromatic rings. The molecule has 0 aliphatic rings. The van der Waals surface area contributed by atoms with E-state index in [0.29, 0.717) is 17.2 Å². The van der Waals surface area contributed by atoms with Crippen LogP contribution < -0.4 is 5.32 Å². The van der Waals surface area contributed by atoms with Gasteiger partial charge in [-0.3, -0.25) is 9.48 Å². The molecule has 31 heavy (non-hydrogen) atoms. The van der Waals surface area contributed by atoms with Crippen molar-refractivity contribution in [3.8, 4) is 16.4 Å². The van der Waals surface area contributed by atoms with E-state index in [1.165, 1.54) is 28.2 Å². The number of nitrogens with one attached hydrogen (secondary N) is 1. The summed E-state index contributed by atoms with van der Waals surface area (Å²) in [6.07, 6.45) is 1.57. The van der Waals surface area contributed by atoms with E-state index in [2.05, 4.69) is 25.5 Å². The van der Waals surface area contributed by atoms with Crippen molar-refractivity contribution in [1.82, 2.24) is 29.5 Å². The number of thiophene rings is 1. The number of hydrogen-bond acceptors (Lipinski definition) is 6. The first kappa shape index (κ1) is 19.1. The van der Waals surface area contributed by atoms with Gasteiger partial charge in [0.1, 0.15) is 5.82 Å². The lowest BCUT2D eigenvalue weighted by molar-refractivity contribution is 0.101. The summed E-state index contributed by atoms with van der Waals surface area (Å²) in [5.41, 5.74) is 2.67. The first-order valence-corrected chi connectivity index (χ1v) is 10.2. The largest absolute Gasteiger partial charge is 0.318 e. The zero-order chi connectivity index (χ0) is 21.5. The third kappa shape index (κ3) is 3.46. The van der Waals surface area contributed by atoms with E-state index in [4.69, 9.17) is 0 Å². The summed E-state index contributed by atoms with van der Waals surface area (Å²) >= 11 is 1.47. The smallest absolute Gasteiger partial charge is 0.295 e. The zero-order valence-corrected chi connectivity index (χ0v) is 17.4. The highest BCUT2D eigenvalue weighted by molar-refractivity contribution is 7.13. The summed E-state index contributed by atoms with van der Waals surface area (Å²) in [7, 11) is 1.82. The summed E-state index contributed by atoms with van der Waals surface area (Å²) in [6, 6.07) is 11.5. The van der Waals surface area contributed by atoms with Crippen molar-refractivity contribution in [3.05, 3.63) is 71.4 Å². The summed E-state index contributed by atoms with van der Waals surface area (Å²) in [6.45, 7) is 1.88. The van der Waals surface area contributed by atoms with Crippen LogP contribution in [0.2, 0.25) is 0 Å². The van der Waals surface area contributed by atoms with E-state index in [9.17, 15) is 9.18 Å². The average Bonchev–Trinajstić information content (AvgIpc) is 3.48. The number of hydrogen-bond donors (Lipinski definition) is 1. The molecule has 0 atom stereocenters. The van der Waals surface area contributed by atoms with Gasteiger partial charge < -0.3 is 5.32 Å². The van der Waals surface area contributed by atoms with Gasteiger partial charge in [-0.15, -0.1) is 16.4 Å². The molecule has 4 heterocycles. The number of anilines is 1. The van der Waals surface area contributed by atoms with Crippen molar-refractivity contribution in [1.29, 1.82) is 0 Å². The number of pyridine rings is 1. The van der Waals surface area contributed by atoms with Gasteiger partial charge in [-0.05, 0) is 48.7 Å². The molecule has 154 valence electrons. The number of benzene rings is 1. The Bertz CT molecular complexity index is 1400. The van der Waals surface area contributed by atoms with Gasteiger partial charge in [0, 0.05) is 12.4 Å². The van der Waals surface area contributed by atoms with Crippen LogP contribution in [0.5, 0.6) is 0 Å². The van der Waals surface area contributed by atoms with Gasteiger partial charge in [0.15, 0.2) is 11.5 Å². The Morgan fingerprint density at radius 2 is 1.97 bits per heavy atom. The van der Waals surface area contributed by atoms with E-state index < -0.39 is 5.91 Å². The van der Waals surface area contributed by atoms with E-state index in [-0.39, 0.29) is 11.6 Å². The number of halogens is 1. The zero-order valence-electron chi connectivity index (χ0n) is 16.6. The molecule has 0 radical (unpaired) electrons. The standard InChI is InChI=1S/C21H16FN7OS/c1-12-16-10-14(11-23-19(16)28(2)26-12)24-21(30)18-25-20(17-4-3-9-31-17)29(27-18)15-7-5-13(22)6-8-15/h3-11H,1-2H3,(H,24,30). The van der Waals surface area contributed by atoms with E-state index in [0.717, 1.165) is 21.6 Å². The van der Waals surface area contributed by atoms with Gasteiger partial charge >= 0.3 is 0 Å². The SMILES string of the molecule is Cc1nn(C)c2ncc(NC(=O)c3nc(-c4cccs4)n(-c4ccc(F)cc4)n3)cc12. The normalized spacial score (nSPS) is 11.2. The van der Waals surface area contributed by atoms with Crippen molar-refractivity contribution in [2.24, 2.45) is 7.05 Å². The fraction of sp³-hybridized carbons (Fsp3) is 0.0952. The molecule has 1 amide bonds. The lowest BCUT2D eigenvalue weighted by Crippen LogP contribution is -2.14. The average molecular weight is 433 g/mol. The van der Waals surface area contributed by atoms with Crippen molar-refractivity contribution < 1.29 is 9.18 Å². The van der Waals surface area contributed by atoms with Crippen molar-refractivity contribution in [2.75, 3.05) is 5.32 Å². The van der Waals surface area contributed by atoms with Gasteiger partial charge in [-0.2, -0.15) is 5.10 Å². The number of aromatic nitrogens is 6. The molecule has 0 unspecified atom stereocenters. The van der Waals surface area contributed by atoms with Crippen molar-refractivity contribution in [3.63, 3.8) is 0 Å². The van der Waals surface area contributed by atoms with Crippen LogP contribution in [0.25, 0.3) is 27.4 Å². The first-order valence-electron chi connectivity index (χ1n) is 9.37. The lowest BCUT2D eigenvalue weighted by atomic mass is 10.2. The highest BCUT2D eigenvalue weighted by Gasteiger charge is 2.20. The number of rotatable bonds is 4. The molecule has 0 aliphatic carbocycles. The molecule has 0 spiro atoms. The predicted octanol–water partition coefficient (Wildman–Crippen LogP) is 3.98. The molecule has 4 aromatic heterocycles. The molecule has 0 aliphatic heterocycles. The fourth-order valence-corrected chi connectivity index (χ4v) is 4.00. The van der Waals surface area contributed by atoms with Crippen LogP contribution in [0.1, 0.15) is 16.3 Å². The Hall–Kier alpha value is -3.92. The van der Waals surface area contributed by atoms with Crippen LogP contribution >= 0.6 is 11.3 Å². The lowest BCUT2D eigenvalue weighted by Gasteiger charge is -2.04. The molecule has 1 N–H and O–H groups in total. The van der Waals surface area contributed by atoms with Crippen LogP contribution in [0.4, 0.5) is 10.1 Å². The molecule has 5 rings (SSSR count). The molecule has 1 aromatic carbocycles. The van der Waals surface area contributed by atoms with Crippen molar-refractivity contribution >= 4 is 34.0 Å². The third-order valence-electron chi connectivity index (χ3n) is 4.74. The molecule has 0 saturated carbocycles. The second kappa shape index (κ2) is 7.40. The Morgan fingerprint density at radius 3 is 2.71 bits per heavy atom. The van der Waals surface area contributed by atoms with Crippen LogP contribution in [-0.4, -0.2) is 35.4 Å². The molecular formula is C21H16FN7OS. The number of carbonyl (C=O) groups is 1. The summed E-state index contributed by atoms with van der Waals surface area (Å²) in [4.78, 5) is 22.6. The number of aryl methyl sites for hydroxylation is 2. The first-order chi connectivity index (χ1) is 15.0. The summed E-state index contributed by atoms with van der Waals surface area (Å²) < 4.78 is 16.6. The van der Waals surface area contributed by atoms with E-state index >= 15 is 0 Å². The fourth-order valence-electron chi connectivity index (χ4n) is 3.30. The predicted molar refractivity (Wildman–Crippen MR) is 116 cm³/mol. The highest BCUT2D eigenvalue weighted by Crippen LogP contribution is 2.26. The topological polar surface area (TPSA) is 90.5 Å². The maximum absolute atomic E-state index is 13.4. The Labute approximate surface area is 180 Å². The maximum Gasteiger partial charge on any atom is 0.295 e. The second-order valence-electron chi connectivity index (χ2n) is 6.88. The minimum atomic E-state index is -0.471. The van der Waals surface area contributed by atoms with Crippen LogP contribution in [0.3, 0.4) is 0 Å². The van der Waals surface area contributed by atoms with Gasteiger partial charge in [0.25, 0.3) is 5.91 Å².